The van der Waals surface area contributed by atoms with Gasteiger partial charge in [-0.3, -0.25) is 4.79 Å². The van der Waals surface area contributed by atoms with Crippen LogP contribution in [-0.2, 0) is 4.74 Å². The third-order valence-electron chi connectivity index (χ3n) is 4.57. The molecule has 0 aromatic heterocycles. The second-order valence-corrected chi connectivity index (χ2v) is 6.95. The van der Waals surface area contributed by atoms with Crippen LogP contribution < -0.4 is 14.8 Å². The summed E-state index contributed by atoms with van der Waals surface area (Å²) in [5.74, 6) is 1.02. The smallest absolute Gasteiger partial charge is 0.251 e. The number of nitrogens with one attached hydrogen (secondary N) is 1. The molecule has 1 aliphatic heterocycles. The summed E-state index contributed by atoms with van der Waals surface area (Å²) in [5.41, 5.74) is 1.58. The quantitative estimate of drug-likeness (QED) is 0.797. The Balaban J connectivity index is 1.81. The molecule has 1 saturated heterocycles. The average Bonchev–Trinajstić information content (AvgIpc) is 3.21. The first-order valence-corrected chi connectivity index (χ1v) is 9.40. The Labute approximate surface area is 160 Å². The molecule has 2 aromatic rings. The van der Waals surface area contributed by atoms with Crippen molar-refractivity contribution in [1.82, 2.24) is 5.32 Å². The van der Waals surface area contributed by atoms with Crippen LogP contribution in [0.5, 0.6) is 11.5 Å². The highest BCUT2D eigenvalue weighted by Crippen LogP contribution is 2.30. The van der Waals surface area contributed by atoms with Gasteiger partial charge in [-0.15, -0.1) is 0 Å². The second kappa shape index (κ2) is 8.91. The van der Waals surface area contributed by atoms with Crippen molar-refractivity contribution in [2.45, 2.75) is 44.9 Å². The molecule has 0 bridgehead atoms. The van der Waals surface area contributed by atoms with Gasteiger partial charge in [-0.1, -0.05) is 30.3 Å². The first-order chi connectivity index (χ1) is 13.1. The number of hydrogen-bond donors (Lipinski definition) is 1. The molecule has 1 amide bonds. The topological polar surface area (TPSA) is 56.8 Å². The molecule has 5 nitrogen and oxygen atoms in total. The van der Waals surface area contributed by atoms with Crippen LogP contribution >= 0.6 is 0 Å². The van der Waals surface area contributed by atoms with Crippen molar-refractivity contribution in [3.8, 4) is 11.5 Å². The maximum Gasteiger partial charge on any atom is 0.251 e. The van der Waals surface area contributed by atoms with E-state index in [4.69, 9.17) is 14.2 Å². The summed E-state index contributed by atoms with van der Waals surface area (Å²) < 4.78 is 17.0. The minimum atomic E-state index is -0.182. The molecule has 1 heterocycles. The lowest BCUT2D eigenvalue weighted by molar-refractivity contribution is 0.0672. The Morgan fingerprint density at radius 2 is 1.93 bits per heavy atom. The SMILES string of the molecule is COc1cc(C(=O)N[C@H](c2ccccc2)[C@H]2CCCO2)ccc1OC(C)C. The molecular weight excluding hydrogens is 342 g/mol. The summed E-state index contributed by atoms with van der Waals surface area (Å²) in [6.45, 7) is 4.64. The fraction of sp³-hybridized carbons (Fsp3) is 0.409. The van der Waals surface area contributed by atoms with E-state index in [9.17, 15) is 4.79 Å². The maximum absolute atomic E-state index is 12.9. The van der Waals surface area contributed by atoms with Gasteiger partial charge >= 0.3 is 0 Å². The van der Waals surface area contributed by atoms with E-state index in [-0.39, 0.29) is 24.2 Å². The lowest BCUT2D eigenvalue weighted by Crippen LogP contribution is -2.36. The van der Waals surface area contributed by atoms with Crippen LogP contribution in [-0.4, -0.2) is 31.8 Å². The summed E-state index contributed by atoms with van der Waals surface area (Å²) in [6, 6.07) is 15.0. The van der Waals surface area contributed by atoms with Crippen molar-refractivity contribution in [1.29, 1.82) is 0 Å². The van der Waals surface area contributed by atoms with Crippen LogP contribution in [0, 0.1) is 0 Å². The van der Waals surface area contributed by atoms with Crippen molar-refractivity contribution >= 4 is 5.91 Å². The predicted molar refractivity (Wildman–Crippen MR) is 104 cm³/mol. The van der Waals surface area contributed by atoms with E-state index in [1.54, 1.807) is 25.3 Å². The second-order valence-electron chi connectivity index (χ2n) is 6.95. The third kappa shape index (κ3) is 4.80. The molecule has 0 radical (unpaired) electrons. The average molecular weight is 369 g/mol. The van der Waals surface area contributed by atoms with Gasteiger partial charge in [0, 0.05) is 12.2 Å². The van der Waals surface area contributed by atoms with E-state index in [0.29, 0.717) is 17.1 Å². The Bertz CT molecular complexity index is 754. The van der Waals surface area contributed by atoms with Crippen LogP contribution in [0.3, 0.4) is 0 Å². The summed E-state index contributed by atoms with van der Waals surface area (Å²) in [4.78, 5) is 12.9. The fourth-order valence-electron chi connectivity index (χ4n) is 3.30. The van der Waals surface area contributed by atoms with Gasteiger partial charge in [0.1, 0.15) is 0 Å². The number of benzene rings is 2. The number of methoxy groups -OCH3 is 1. The zero-order chi connectivity index (χ0) is 19.2. The van der Waals surface area contributed by atoms with Gasteiger partial charge in [-0.25, -0.2) is 0 Å². The van der Waals surface area contributed by atoms with Crippen molar-refractivity contribution in [3.05, 3.63) is 59.7 Å². The van der Waals surface area contributed by atoms with E-state index in [1.807, 2.05) is 44.2 Å². The molecule has 1 fully saturated rings. The van der Waals surface area contributed by atoms with Gasteiger partial charge in [0.2, 0.25) is 0 Å². The van der Waals surface area contributed by atoms with E-state index in [2.05, 4.69) is 5.32 Å². The molecule has 144 valence electrons. The highest BCUT2D eigenvalue weighted by atomic mass is 16.5. The van der Waals surface area contributed by atoms with Gasteiger partial charge in [0.05, 0.1) is 25.4 Å². The summed E-state index contributed by atoms with van der Waals surface area (Å²) in [7, 11) is 1.57. The largest absolute Gasteiger partial charge is 0.493 e. The minimum Gasteiger partial charge on any atom is -0.493 e. The summed E-state index contributed by atoms with van der Waals surface area (Å²) in [6.07, 6.45) is 1.96. The maximum atomic E-state index is 12.9. The van der Waals surface area contributed by atoms with Gasteiger partial charge in [0.25, 0.3) is 5.91 Å². The fourth-order valence-corrected chi connectivity index (χ4v) is 3.30. The molecule has 2 aromatic carbocycles. The highest BCUT2D eigenvalue weighted by molar-refractivity contribution is 5.95. The van der Waals surface area contributed by atoms with E-state index in [0.717, 1.165) is 25.0 Å². The Kier molecular flexibility index (Phi) is 6.35. The lowest BCUT2D eigenvalue weighted by Gasteiger charge is -2.25. The zero-order valence-corrected chi connectivity index (χ0v) is 16.1. The Morgan fingerprint density at radius 1 is 1.15 bits per heavy atom. The standard InChI is InChI=1S/C22H27NO4/c1-15(2)27-18-12-11-17(14-20(18)25-3)22(24)23-21(19-10-7-13-26-19)16-8-5-4-6-9-16/h4-6,8-9,11-12,14-15,19,21H,7,10,13H2,1-3H3,(H,23,24)/t19-,21-/m1/s1. The number of hydrogen-bond acceptors (Lipinski definition) is 4. The molecule has 3 rings (SSSR count). The van der Waals surface area contributed by atoms with E-state index in [1.165, 1.54) is 0 Å². The van der Waals surface area contributed by atoms with Crippen LogP contribution in [0.15, 0.2) is 48.5 Å². The van der Waals surface area contributed by atoms with E-state index >= 15 is 0 Å². The molecule has 1 N–H and O–H groups in total. The molecule has 0 aliphatic carbocycles. The van der Waals surface area contributed by atoms with Crippen LogP contribution in [0.4, 0.5) is 0 Å². The van der Waals surface area contributed by atoms with E-state index < -0.39 is 0 Å². The van der Waals surface area contributed by atoms with Crippen molar-refractivity contribution in [2.75, 3.05) is 13.7 Å². The minimum absolute atomic E-state index is 0.0122. The molecular formula is C22H27NO4. The number of amides is 1. The molecule has 1 aliphatic rings. The predicted octanol–water partition coefficient (Wildman–Crippen LogP) is 4.13. The number of ether oxygens (including phenoxy) is 3. The van der Waals surface area contributed by atoms with Crippen molar-refractivity contribution in [2.24, 2.45) is 0 Å². The molecule has 27 heavy (non-hydrogen) atoms. The van der Waals surface area contributed by atoms with Crippen LogP contribution in [0.1, 0.15) is 48.7 Å². The number of rotatable bonds is 7. The molecule has 0 spiro atoms. The summed E-state index contributed by atoms with van der Waals surface area (Å²) in [5, 5.41) is 3.14. The number of carbonyl (C=O) groups is 1. The first kappa shape index (κ1) is 19.2. The van der Waals surface area contributed by atoms with Gasteiger partial charge in [-0.2, -0.15) is 0 Å². The van der Waals surface area contributed by atoms with Gasteiger partial charge in [-0.05, 0) is 50.5 Å². The van der Waals surface area contributed by atoms with Crippen molar-refractivity contribution < 1.29 is 19.0 Å². The normalized spacial score (nSPS) is 17.6. The Hall–Kier alpha value is -2.53. The summed E-state index contributed by atoms with van der Waals surface area (Å²) >= 11 is 0. The number of carbonyl (C=O) groups excluding carboxylic acids is 1. The first-order valence-electron chi connectivity index (χ1n) is 9.40. The van der Waals surface area contributed by atoms with Gasteiger partial charge in [0.15, 0.2) is 11.5 Å². The Morgan fingerprint density at radius 3 is 2.56 bits per heavy atom. The lowest BCUT2D eigenvalue weighted by atomic mass is 9.99. The van der Waals surface area contributed by atoms with Gasteiger partial charge < -0.3 is 19.5 Å². The monoisotopic (exact) mass is 369 g/mol. The molecule has 0 unspecified atom stereocenters. The van der Waals surface area contributed by atoms with Crippen LogP contribution in [0.2, 0.25) is 0 Å². The van der Waals surface area contributed by atoms with Crippen LogP contribution in [0.25, 0.3) is 0 Å². The molecule has 5 heteroatoms. The van der Waals surface area contributed by atoms with Crippen molar-refractivity contribution in [3.63, 3.8) is 0 Å². The molecule has 0 saturated carbocycles. The molecule has 2 atom stereocenters. The highest BCUT2D eigenvalue weighted by Gasteiger charge is 2.29. The zero-order valence-electron chi connectivity index (χ0n) is 16.1. The third-order valence-corrected chi connectivity index (χ3v) is 4.57.